The Kier molecular flexibility index (Phi) is 9.46. The van der Waals surface area contributed by atoms with Crippen molar-refractivity contribution in [3.05, 3.63) is 95.1 Å². The molecule has 0 aliphatic carbocycles. The molecule has 0 aromatic heterocycles. The molecule has 0 heterocycles. The fourth-order valence-corrected chi connectivity index (χ4v) is 5.50. The van der Waals surface area contributed by atoms with Gasteiger partial charge in [-0.15, -0.1) is 0 Å². The van der Waals surface area contributed by atoms with Gasteiger partial charge in [0.2, 0.25) is 0 Å². The topological polar surface area (TPSA) is 36.9 Å². The molecule has 0 spiro atoms. The lowest BCUT2D eigenvalue weighted by molar-refractivity contribution is 0.175. The summed E-state index contributed by atoms with van der Waals surface area (Å²) in [6.07, 6.45) is 1.14. The first kappa shape index (κ1) is 30.6. The van der Waals surface area contributed by atoms with Crippen molar-refractivity contribution in [3.8, 4) is 23.0 Å². The molecule has 0 saturated carbocycles. The van der Waals surface area contributed by atoms with E-state index in [1.807, 2.05) is 30.3 Å². The number of rotatable bonds is 10. The van der Waals surface area contributed by atoms with Crippen LogP contribution in [-0.2, 0) is 22.7 Å². The third-order valence-electron chi connectivity index (χ3n) is 7.38. The monoisotopic (exact) mass is 554 g/mol. The minimum absolute atomic E-state index is 0.178. The average Bonchev–Trinajstić information content (AvgIpc) is 2.89. The van der Waals surface area contributed by atoms with Crippen LogP contribution in [0.2, 0.25) is 0 Å². The summed E-state index contributed by atoms with van der Waals surface area (Å²) in [6, 6.07) is 25.1. The van der Waals surface area contributed by atoms with Crippen molar-refractivity contribution in [2.24, 2.45) is 10.8 Å². The van der Waals surface area contributed by atoms with Gasteiger partial charge in [-0.3, -0.25) is 0 Å². The maximum absolute atomic E-state index is 6.52. The largest absolute Gasteiger partial charge is 0.453 e. The van der Waals surface area contributed by atoms with Gasteiger partial charge in [0.05, 0.1) is 13.2 Å². The summed E-state index contributed by atoms with van der Waals surface area (Å²) in [6.45, 7) is 17.0. The van der Waals surface area contributed by atoms with Gasteiger partial charge in [0.25, 0.3) is 0 Å². The summed E-state index contributed by atoms with van der Waals surface area (Å²) in [5, 5.41) is 2.37. The van der Waals surface area contributed by atoms with Gasteiger partial charge in [0.1, 0.15) is 11.5 Å². The lowest BCUT2D eigenvalue weighted by Gasteiger charge is -2.36. The highest BCUT2D eigenvalue weighted by Gasteiger charge is 2.30. The van der Waals surface area contributed by atoms with Crippen LogP contribution < -0.4 is 9.47 Å². The molecule has 0 radical (unpaired) electrons. The van der Waals surface area contributed by atoms with E-state index >= 15 is 0 Å². The molecule has 4 aromatic carbocycles. The van der Waals surface area contributed by atoms with Crippen LogP contribution in [-0.4, -0.2) is 14.2 Å². The summed E-state index contributed by atoms with van der Waals surface area (Å²) in [4.78, 5) is 0. The highest BCUT2D eigenvalue weighted by molar-refractivity contribution is 5.84. The van der Waals surface area contributed by atoms with Crippen LogP contribution in [0.25, 0.3) is 10.8 Å². The highest BCUT2D eigenvalue weighted by atomic mass is 16.5. The summed E-state index contributed by atoms with van der Waals surface area (Å²) in [7, 11) is 3.38. The minimum Gasteiger partial charge on any atom is -0.453 e. The normalized spacial score (nSPS) is 12.9. The van der Waals surface area contributed by atoms with Crippen molar-refractivity contribution in [1.29, 1.82) is 0 Å². The third kappa shape index (κ3) is 7.90. The van der Waals surface area contributed by atoms with Crippen LogP contribution in [0, 0.1) is 17.8 Å². The summed E-state index contributed by atoms with van der Waals surface area (Å²) >= 11 is 0. The van der Waals surface area contributed by atoms with E-state index in [9.17, 15) is 0 Å². The highest BCUT2D eigenvalue weighted by Crippen LogP contribution is 2.44. The van der Waals surface area contributed by atoms with E-state index in [2.05, 4.69) is 90.9 Å². The Morgan fingerprint density at radius 1 is 0.659 bits per heavy atom. The minimum atomic E-state index is 0.178. The Morgan fingerprint density at radius 2 is 1.22 bits per heavy atom. The van der Waals surface area contributed by atoms with Gasteiger partial charge >= 0.3 is 0 Å². The van der Waals surface area contributed by atoms with Crippen molar-refractivity contribution in [1.82, 2.24) is 0 Å². The van der Waals surface area contributed by atoms with Crippen LogP contribution >= 0.6 is 0 Å². The summed E-state index contributed by atoms with van der Waals surface area (Å²) in [5.74, 6) is 3.26. The Bertz CT molecular complexity index is 1450. The molecule has 41 heavy (non-hydrogen) atoms. The molecule has 0 aliphatic rings. The molecule has 0 N–H and O–H groups in total. The van der Waals surface area contributed by atoms with Gasteiger partial charge in [-0.1, -0.05) is 95.6 Å². The molecule has 0 amide bonds. The van der Waals surface area contributed by atoms with Crippen molar-refractivity contribution in [2.75, 3.05) is 14.2 Å². The number of para-hydroxylation sites is 2. The number of benzene rings is 4. The van der Waals surface area contributed by atoms with Gasteiger partial charge in [0, 0.05) is 25.3 Å². The molecule has 4 nitrogen and oxygen atoms in total. The zero-order valence-corrected chi connectivity index (χ0v) is 26.3. The first-order valence-electron chi connectivity index (χ1n) is 14.5. The zero-order chi connectivity index (χ0) is 29.8. The molecule has 4 heteroatoms. The van der Waals surface area contributed by atoms with Gasteiger partial charge in [-0.25, -0.2) is 0 Å². The van der Waals surface area contributed by atoms with Gasteiger partial charge in [-0.2, -0.15) is 0 Å². The Labute approximate surface area is 246 Å². The van der Waals surface area contributed by atoms with E-state index in [4.69, 9.17) is 18.9 Å². The average molecular weight is 555 g/mol. The first-order chi connectivity index (χ1) is 19.4. The number of hydrogen-bond acceptors (Lipinski definition) is 4. The molecule has 218 valence electrons. The second kappa shape index (κ2) is 12.7. The quantitative estimate of drug-likeness (QED) is 0.195. The van der Waals surface area contributed by atoms with Crippen molar-refractivity contribution in [2.45, 2.75) is 74.0 Å². The second-order valence-corrected chi connectivity index (χ2v) is 13.4. The second-order valence-electron chi connectivity index (χ2n) is 13.4. The number of aryl methyl sites for hydroxylation is 1. The molecule has 0 saturated heterocycles. The molecular formula is C37H46O4. The lowest BCUT2D eigenvalue weighted by Crippen LogP contribution is -2.23. The fourth-order valence-electron chi connectivity index (χ4n) is 5.50. The molecule has 4 rings (SSSR count). The van der Waals surface area contributed by atoms with Crippen LogP contribution in [0.3, 0.4) is 0 Å². The van der Waals surface area contributed by atoms with Crippen molar-refractivity contribution in [3.63, 3.8) is 0 Å². The van der Waals surface area contributed by atoms with Crippen LogP contribution in [0.1, 0.15) is 76.1 Å². The SMILES string of the molecule is COCc1cc(C)cc(COC)c1Oc1ccccc1Oc1ccc2cc(C(CC(C)(C)C)C(C)(C)C)ccc2c1. The number of methoxy groups -OCH3 is 2. The molecular weight excluding hydrogens is 508 g/mol. The Hall–Kier alpha value is -3.34. The number of ether oxygens (including phenoxy) is 4. The van der Waals surface area contributed by atoms with E-state index in [-0.39, 0.29) is 10.8 Å². The summed E-state index contributed by atoms with van der Waals surface area (Å²) in [5.41, 5.74) is 4.90. The Morgan fingerprint density at radius 3 is 1.78 bits per heavy atom. The van der Waals surface area contributed by atoms with Gasteiger partial charge < -0.3 is 18.9 Å². The first-order valence-corrected chi connectivity index (χ1v) is 14.5. The smallest absolute Gasteiger partial charge is 0.169 e. The molecule has 1 atom stereocenters. The molecule has 4 aromatic rings. The van der Waals surface area contributed by atoms with Crippen LogP contribution in [0.4, 0.5) is 0 Å². The van der Waals surface area contributed by atoms with Gasteiger partial charge in [0.15, 0.2) is 11.5 Å². The lowest BCUT2D eigenvalue weighted by atomic mass is 9.69. The van der Waals surface area contributed by atoms with Gasteiger partial charge in [-0.05, 0) is 70.7 Å². The van der Waals surface area contributed by atoms with Crippen molar-refractivity contribution >= 4 is 10.8 Å². The van der Waals surface area contributed by atoms with E-state index in [1.54, 1.807) is 14.2 Å². The molecule has 1 unspecified atom stereocenters. The maximum Gasteiger partial charge on any atom is 0.169 e. The number of hydrogen-bond donors (Lipinski definition) is 0. The standard InChI is InChI=1S/C37H46O4/c1-25-18-29(23-38-8)35(30(19-25)24-39-9)41-34-13-11-10-12-33(34)40-31-17-16-26-20-28(15-14-27(26)21-31)32(37(5,6)7)22-36(2,3)4/h10-21,32H,22-24H2,1-9H3. The molecule has 0 fully saturated rings. The van der Waals surface area contributed by atoms with E-state index in [1.165, 1.54) is 10.9 Å². The van der Waals surface area contributed by atoms with E-state index in [0.29, 0.717) is 30.6 Å². The van der Waals surface area contributed by atoms with E-state index < -0.39 is 0 Å². The van der Waals surface area contributed by atoms with Crippen LogP contribution in [0.15, 0.2) is 72.8 Å². The maximum atomic E-state index is 6.52. The van der Waals surface area contributed by atoms with Crippen molar-refractivity contribution < 1.29 is 18.9 Å². The van der Waals surface area contributed by atoms with E-state index in [0.717, 1.165) is 40.0 Å². The number of fused-ring (bicyclic) bond motifs is 1. The zero-order valence-electron chi connectivity index (χ0n) is 26.3. The fraction of sp³-hybridized carbons (Fsp3) is 0.405. The van der Waals surface area contributed by atoms with Crippen LogP contribution in [0.5, 0.6) is 23.0 Å². The predicted molar refractivity (Wildman–Crippen MR) is 169 cm³/mol. The molecule has 0 aliphatic heterocycles. The molecule has 0 bridgehead atoms. The summed E-state index contributed by atoms with van der Waals surface area (Å²) < 4.78 is 23.9. The third-order valence-corrected chi connectivity index (χ3v) is 7.38. The predicted octanol–water partition coefficient (Wildman–Crippen LogP) is 10.6. The Balaban J connectivity index is 1.64.